The van der Waals surface area contributed by atoms with Crippen LogP contribution in [0.15, 0.2) is 53.4 Å². The molecule has 4 heteroatoms. The van der Waals surface area contributed by atoms with E-state index in [4.69, 9.17) is 5.73 Å². The fraction of sp³-hybridized carbons (Fsp3) is 0.0769. The molecule has 2 rings (SSSR count). The summed E-state index contributed by atoms with van der Waals surface area (Å²) in [5.74, 6) is 0. The van der Waals surface area contributed by atoms with Crippen LogP contribution in [-0.4, -0.2) is 6.26 Å². The van der Waals surface area contributed by atoms with Crippen LogP contribution in [-0.2, 0) is 0 Å². The predicted octanol–water partition coefficient (Wildman–Crippen LogP) is 3.45. The number of nitrogens with two attached hydrogens (primary N) is 2. The van der Waals surface area contributed by atoms with Crippen molar-refractivity contribution in [2.45, 2.75) is 4.90 Å². The quantitative estimate of drug-likeness (QED) is 0.442. The molecule has 0 aromatic heterocycles. The van der Waals surface area contributed by atoms with Crippen molar-refractivity contribution in [2.75, 3.05) is 12.0 Å². The number of thioether (sulfide) groups is 1. The van der Waals surface area contributed by atoms with E-state index in [-0.39, 0.29) is 0 Å². The highest BCUT2D eigenvalue weighted by Crippen LogP contribution is 2.27. The lowest BCUT2D eigenvalue weighted by molar-refractivity contribution is 1.46. The lowest BCUT2D eigenvalue weighted by Gasteiger charge is -2.05. The molecule has 0 bridgehead atoms. The van der Waals surface area contributed by atoms with E-state index in [1.165, 1.54) is 10.5 Å². The normalized spacial score (nSPS) is 9.35. The summed E-state index contributed by atoms with van der Waals surface area (Å²) in [5.41, 5.74) is 9.02. The molecule has 90 valence electrons. The van der Waals surface area contributed by atoms with Crippen LogP contribution < -0.4 is 10.9 Å². The molecule has 0 aliphatic rings. The molecule has 0 unspecified atom stereocenters. The highest BCUT2D eigenvalue weighted by atomic mass is 32.2. The van der Waals surface area contributed by atoms with Gasteiger partial charge in [0.1, 0.15) is 0 Å². The molecule has 2 aromatic carbocycles. The summed E-state index contributed by atoms with van der Waals surface area (Å²) in [6.45, 7) is 0. The first-order chi connectivity index (χ1) is 8.31. The van der Waals surface area contributed by atoms with E-state index in [1.807, 2.05) is 24.3 Å². The number of para-hydroxylation sites is 1. The Hall–Kier alpha value is -1.10. The average Bonchev–Trinajstić information content (AvgIpc) is 2.42. The summed E-state index contributed by atoms with van der Waals surface area (Å²) < 4.78 is 0. The summed E-state index contributed by atoms with van der Waals surface area (Å²) in [6, 6.07) is 16.4. The maximum atomic E-state index is 5.92. The summed E-state index contributed by atoms with van der Waals surface area (Å²) >= 11 is 4.77. The molecule has 2 nitrogen and oxygen atoms in total. The van der Waals surface area contributed by atoms with Crippen LogP contribution in [0.3, 0.4) is 0 Å². The predicted molar refractivity (Wildman–Crippen MR) is 81.2 cm³/mol. The Bertz CT molecular complexity index is 455. The van der Waals surface area contributed by atoms with Gasteiger partial charge in [-0.05, 0) is 30.0 Å². The molecule has 0 amide bonds. The minimum atomic E-state index is 0.828. The molecule has 0 spiro atoms. The zero-order valence-corrected chi connectivity index (χ0v) is 11.3. The fourth-order valence-electron chi connectivity index (χ4n) is 1.53. The van der Waals surface area contributed by atoms with E-state index in [0.717, 1.165) is 11.3 Å². The SMILES string of the molecule is CSc1ccc(-c2ccccc2N)cc1.NS. The van der Waals surface area contributed by atoms with E-state index >= 15 is 0 Å². The Morgan fingerprint density at radius 1 is 0.941 bits per heavy atom. The second-order valence-corrected chi connectivity index (χ2v) is 4.20. The molecule has 2 aromatic rings. The minimum Gasteiger partial charge on any atom is -0.398 e. The van der Waals surface area contributed by atoms with E-state index in [2.05, 4.69) is 48.5 Å². The van der Waals surface area contributed by atoms with Crippen LogP contribution in [0.25, 0.3) is 11.1 Å². The average molecular weight is 264 g/mol. The second kappa shape index (κ2) is 7.27. The number of hydrogen-bond donors (Lipinski definition) is 3. The molecule has 17 heavy (non-hydrogen) atoms. The van der Waals surface area contributed by atoms with Gasteiger partial charge in [-0.1, -0.05) is 30.3 Å². The molecule has 0 heterocycles. The van der Waals surface area contributed by atoms with Crippen molar-refractivity contribution in [3.63, 3.8) is 0 Å². The largest absolute Gasteiger partial charge is 0.398 e. The molecule has 0 fully saturated rings. The molecule has 4 N–H and O–H groups in total. The van der Waals surface area contributed by atoms with E-state index in [1.54, 1.807) is 11.8 Å². The van der Waals surface area contributed by atoms with Gasteiger partial charge in [0, 0.05) is 16.1 Å². The molecule has 0 atom stereocenters. The van der Waals surface area contributed by atoms with Crippen LogP contribution in [0.1, 0.15) is 0 Å². The minimum absolute atomic E-state index is 0.828. The molecule has 0 saturated heterocycles. The third kappa shape index (κ3) is 3.70. The Balaban J connectivity index is 0.000000686. The standard InChI is InChI=1S/C13H13NS.H3NS/c1-15-11-8-6-10(7-9-11)12-4-2-3-5-13(12)14;1-2/h2-9H,14H2,1H3;2H,1H2. The Morgan fingerprint density at radius 3 is 2.06 bits per heavy atom. The number of nitrogen functional groups attached to an aromatic ring is 1. The third-order valence-corrected chi connectivity index (χ3v) is 3.11. The fourth-order valence-corrected chi connectivity index (χ4v) is 1.94. The summed E-state index contributed by atoms with van der Waals surface area (Å²) in [6.07, 6.45) is 2.08. The highest BCUT2D eigenvalue weighted by Gasteiger charge is 2.00. The van der Waals surface area contributed by atoms with E-state index < -0.39 is 0 Å². The summed E-state index contributed by atoms with van der Waals surface area (Å²) in [5, 5.41) is 4.19. The zero-order valence-electron chi connectivity index (χ0n) is 9.63. The number of rotatable bonds is 2. The number of thiol groups is 1. The Kier molecular flexibility index (Phi) is 5.97. The van der Waals surface area contributed by atoms with Crippen molar-refractivity contribution in [1.29, 1.82) is 0 Å². The van der Waals surface area contributed by atoms with Gasteiger partial charge in [-0.15, -0.1) is 24.6 Å². The lowest BCUT2D eigenvalue weighted by Crippen LogP contribution is -1.88. The zero-order chi connectivity index (χ0) is 12.7. The molecular formula is C13H16N2S2. The maximum absolute atomic E-state index is 5.92. The van der Waals surface area contributed by atoms with Crippen LogP contribution in [0, 0.1) is 0 Å². The molecule has 0 radical (unpaired) electrons. The molecular weight excluding hydrogens is 248 g/mol. The van der Waals surface area contributed by atoms with Crippen LogP contribution in [0.5, 0.6) is 0 Å². The van der Waals surface area contributed by atoms with Crippen molar-refractivity contribution in [3.8, 4) is 11.1 Å². The monoisotopic (exact) mass is 264 g/mol. The van der Waals surface area contributed by atoms with Gasteiger partial charge in [0.05, 0.1) is 0 Å². The van der Waals surface area contributed by atoms with Crippen molar-refractivity contribution >= 4 is 30.3 Å². The first kappa shape index (κ1) is 14.0. The number of benzene rings is 2. The van der Waals surface area contributed by atoms with Gasteiger partial charge in [0.2, 0.25) is 0 Å². The van der Waals surface area contributed by atoms with Crippen molar-refractivity contribution in [2.24, 2.45) is 5.14 Å². The van der Waals surface area contributed by atoms with E-state index in [0.29, 0.717) is 0 Å². The van der Waals surface area contributed by atoms with E-state index in [9.17, 15) is 0 Å². The van der Waals surface area contributed by atoms with Gasteiger partial charge in [-0.25, -0.2) is 0 Å². The van der Waals surface area contributed by atoms with Crippen LogP contribution in [0.2, 0.25) is 0 Å². The molecule has 0 aliphatic carbocycles. The van der Waals surface area contributed by atoms with Gasteiger partial charge < -0.3 is 5.73 Å². The first-order valence-electron chi connectivity index (χ1n) is 5.06. The number of anilines is 1. The summed E-state index contributed by atoms with van der Waals surface area (Å²) in [4.78, 5) is 1.27. The maximum Gasteiger partial charge on any atom is 0.0393 e. The van der Waals surface area contributed by atoms with Crippen LogP contribution >= 0.6 is 24.6 Å². The van der Waals surface area contributed by atoms with Gasteiger partial charge in [0.15, 0.2) is 0 Å². The van der Waals surface area contributed by atoms with Crippen molar-refractivity contribution < 1.29 is 0 Å². The third-order valence-electron chi connectivity index (χ3n) is 2.36. The van der Waals surface area contributed by atoms with Gasteiger partial charge in [-0.3, -0.25) is 5.14 Å². The lowest BCUT2D eigenvalue weighted by atomic mass is 10.0. The molecule has 0 saturated carbocycles. The first-order valence-corrected chi connectivity index (χ1v) is 6.80. The number of hydrogen-bond acceptors (Lipinski definition) is 4. The highest BCUT2D eigenvalue weighted by molar-refractivity contribution is 7.98. The topological polar surface area (TPSA) is 52.0 Å². The Morgan fingerprint density at radius 2 is 1.53 bits per heavy atom. The van der Waals surface area contributed by atoms with Crippen molar-refractivity contribution in [1.82, 2.24) is 0 Å². The summed E-state index contributed by atoms with van der Waals surface area (Å²) in [7, 11) is 0. The van der Waals surface area contributed by atoms with Gasteiger partial charge >= 0.3 is 0 Å². The smallest absolute Gasteiger partial charge is 0.0393 e. The van der Waals surface area contributed by atoms with Crippen LogP contribution in [0.4, 0.5) is 5.69 Å². The Labute approximate surface area is 112 Å². The second-order valence-electron chi connectivity index (χ2n) is 3.32. The molecule has 0 aliphatic heterocycles. The van der Waals surface area contributed by atoms with Gasteiger partial charge in [-0.2, -0.15) is 0 Å². The van der Waals surface area contributed by atoms with Gasteiger partial charge in [0.25, 0.3) is 0 Å². The van der Waals surface area contributed by atoms with Crippen molar-refractivity contribution in [3.05, 3.63) is 48.5 Å².